The van der Waals surface area contributed by atoms with Crippen LogP contribution in [-0.4, -0.2) is 103 Å². The number of thiazole rings is 1. The van der Waals surface area contributed by atoms with Crippen LogP contribution in [0.25, 0.3) is 10.2 Å². The second-order valence-electron chi connectivity index (χ2n) is 11.8. The van der Waals surface area contributed by atoms with Gasteiger partial charge in [-0.15, -0.1) is 11.3 Å². The molecule has 0 saturated carbocycles. The molecule has 0 radical (unpaired) electrons. The van der Waals surface area contributed by atoms with Crippen molar-refractivity contribution in [3.63, 3.8) is 0 Å². The number of ketones is 2. The van der Waals surface area contributed by atoms with Crippen LogP contribution in [0, 0.1) is 16.7 Å². The van der Waals surface area contributed by atoms with Gasteiger partial charge in [-0.05, 0) is 32.9 Å². The zero-order valence-electron chi connectivity index (χ0n) is 27.5. The van der Waals surface area contributed by atoms with Crippen molar-refractivity contribution in [2.75, 3.05) is 53.1 Å². The van der Waals surface area contributed by atoms with E-state index in [2.05, 4.69) is 4.98 Å². The summed E-state index contributed by atoms with van der Waals surface area (Å²) in [6, 6.07) is 6.85. The number of likely N-dealkylation sites (N-methyl/N-ethyl adjacent to an activating group) is 1. The largest absolute Gasteiger partial charge is 0.481 e. The summed E-state index contributed by atoms with van der Waals surface area (Å²) in [7, 11) is 1.60. The Balaban J connectivity index is 1.65. The highest BCUT2D eigenvalue weighted by Crippen LogP contribution is 2.39. The molecule has 0 saturated heterocycles. The second kappa shape index (κ2) is 16.4. The molecular formula is C33H40N4O9S. The number of ether oxygens (including phenoxy) is 3. The van der Waals surface area contributed by atoms with E-state index in [0.717, 1.165) is 0 Å². The summed E-state index contributed by atoms with van der Waals surface area (Å²) in [5.41, 5.74) is 1.17. The average molecular weight is 669 g/mol. The third-order valence-electron chi connectivity index (χ3n) is 7.84. The number of carboxylic acids is 1. The Hall–Kier alpha value is -4.45. The number of carbonyl (C=O) groups is 5. The molecule has 0 fully saturated rings. The molecule has 47 heavy (non-hydrogen) atoms. The number of aliphatic carboxylic acids is 1. The Kier molecular flexibility index (Phi) is 12.9. The van der Waals surface area contributed by atoms with Gasteiger partial charge in [0.1, 0.15) is 11.8 Å². The Bertz CT molecular complexity index is 1650. The SMILES string of the molecule is CC1=C(C)C(=O)C(C(C)(C)CC(=O)N(C)CCN(CCOCCOCCC(=O)O)C(=O)Oc2ccc3nc(C#N)sc3c2)=C(C)C1=O. The van der Waals surface area contributed by atoms with Crippen molar-refractivity contribution < 1.29 is 43.3 Å². The van der Waals surface area contributed by atoms with Crippen molar-refractivity contribution in [3.8, 4) is 11.8 Å². The Labute approximate surface area is 277 Å². The van der Waals surface area contributed by atoms with Crippen molar-refractivity contribution in [1.82, 2.24) is 14.8 Å². The first-order chi connectivity index (χ1) is 22.2. The van der Waals surface area contributed by atoms with Crippen LogP contribution >= 0.6 is 11.3 Å². The van der Waals surface area contributed by atoms with Gasteiger partial charge in [0, 0.05) is 66.9 Å². The standard InChI is InChI=1S/C33H40N4O9S/c1-20-21(2)31(42)29(22(3)30(20)41)33(4,5)18-27(38)36(6)10-11-37(12-14-45-16-15-44-13-9-28(39)40)32(43)46-23-7-8-24-25(17-23)47-26(19-34)35-24/h7-8,17H,9-16,18H2,1-6H3,(H,39,40). The monoisotopic (exact) mass is 668 g/mol. The van der Waals surface area contributed by atoms with Gasteiger partial charge in [-0.25, -0.2) is 9.78 Å². The smallest absolute Gasteiger partial charge is 0.415 e. The van der Waals surface area contributed by atoms with Gasteiger partial charge in [-0.2, -0.15) is 5.26 Å². The van der Waals surface area contributed by atoms with Crippen molar-refractivity contribution in [3.05, 3.63) is 45.5 Å². The number of nitriles is 1. The predicted octanol–water partition coefficient (Wildman–Crippen LogP) is 4.16. The lowest BCUT2D eigenvalue weighted by atomic mass is 9.71. The van der Waals surface area contributed by atoms with Crippen molar-refractivity contribution in [1.29, 1.82) is 5.26 Å². The number of aromatic nitrogens is 1. The fourth-order valence-corrected chi connectivity index (χ4v) is 5.83. The molecule has 0 bridgehead atoms. The fraction of sp³-hybridized carbons (Fsp3) is 0.485. The topological polar surface area (TPSA) is 176 Å². The molecular weight excluding hydrogens is 628 g/mol. The Morgan fingerprint density at radius 2 is 1.62 bits per heavy atom. The maximum absolute atomic E-state index is 13.4. The molecule has 3 rings (SSSR count). The maximum Gasteiger partial charge on any atom is 0.415 e. The molecule has 2 aromatic rings. The minimum atomic E-state index is -0.959. The summed E-state index contributed by atoms with van der Waals surface area (Å²) in [6.07, 6.45) is -0.825. The summed E-state index contributed by atoms with van der Waals surface area (Å²) < 4.78 is 17.1. The molecule has 1 aliphatic rings. The number of carboxylic acid groups (broad SMARTS) is 1. The summed E-state index contributed by atoms with van der Waals surface area (Å²) in [5.74, 6) is -1.41. The van der Waals surface area contributed by atoms with Gasteiger partial charge < -0.3 is 29.1 Å². The van der Waals surface area contributed by atoms with Crippen molar-refractivity contribution >= 4 is 51.1 Å². The van der Waals surface area contributed by atoms with E-state index in [4.69, 9.17) is 24.6 Å². The van der Waals surface area contributed by atoms with Crippen LogP contribution in [0.2, 0.25) is 0 Å². The number of Topliss-reactive ketones (excluding diaryl/α,β-unsaturated/α-hetero) is 2. The number of nitrogens with zero attached hydrogens (tertiary/aromatic N) is 4. The molecule has 14 heteroatoms. The summed E-state index contributed by atoms with van der Waals surface area (Å²) in [5, 5.41) is 18.1. The summed E-state index contributed by atoms with van der Waals surface area (Å²) in [4.78, 5) is 70.2. The van der Waals surface area contributed by atoms with Gasteiger partial charge in [0.2, 0.25) is 5.91 Å². The van der Waals surface area contributed by atoms with Gasteiger partial charge in [0.25, 0.3) is 0 Å². The molecule has 0 aliphatic heterocycles. The molecule has 1 aliphatic carbocycles. The van der Waals surface area contributed by atoms with E-state index in [1.54, 1.807) is 59.9 Å². The van der Waals surface area contributed by atoms with Crippen LogP contribution in [0.1, 0.15) is 52.5 Å². The molecule has 1 heterocycles. The molecule has 13 nitrogen and oxygen atoms in total. The van der Waals surface area contributed by atoms with E-state index >= 15 is 0 Å². The number of allylic oxidation sites excluding steroid dienone is 4. The van der Waals surface area contributed by atoms with Crippen LogP contribution < -0.4 is 4.74 Å². The van der Waals surface area contributed by atoms with Gasteiger partial charge in [-0.1, -0.05) is 13.8 Å². The number of amides is 2. The third kappa shape index (κ3) is 9.77. The zero-order chi connectivity index (χ0) is 34.9. The molecule has 1 N–H and O–H groups in total. The first-order valence-electron chi connectivity index (χ1n) is 15.0. The Morgan fingerprint density at radius 3 is 2.28 bits per heavy atom. The highest BCUT2D eigenvalue weighted by Gasteiger charge is 2.38. The van der Waals surface area contributed by atoms with Crippen molar-refractivity contribution in [2.24, 2.45) is 5.41 Å². The van der Waals surface area contributed by atoms with Crippen LogP contribution in [0.15, 0.2) is 40.5 Å². The van der Waals surface area contributed by atoms with Gasteiger partial charge in [0.15, 0.2) is 16.6 Å². The number of benzene rings is 1. The van der Waals surface area contributed by atoms with E-state index in [0.29, 0.717) is 32.5 Å². The first-order valence-corrected chi connectivity index (χ1v) is 15.8. The van der Waals surface area contributed by atoms with Crippen LogP contribution in [0.4, 0.5) is 4.79 Å². The molecule has 2 amide bonds. The highest BCUT2D eigenvalue weighted by atomic mass is 32.1. The second-order valence-corrected chi connectivity index (χ2v) is 12.8. The lowest BCUT2D eigenvalue weighted by molar-refractivity contribution is -0.138. The van der Waals surface area contributed by atoms with Gasteiger partial charge >= 0.3 is 12.1 Å². The first kappa shape index (κ1) is 37.0. The molecule has 1 aromatic heterocycles. The average Bonchev–Trinajstić information content (AvgIpc) is 3.43. The van der Waals surface area contributed by atoms with E-state index in [1.807, 2.05) is 6.07 Å². The zero-order valence-corrected chi connectivity index (χ0v) is 28.3. The van der Waals surface area contributed by atoms with Gasteiger partial charge in [0.05, 0.1) is 43.1 Å². The van der Waals surface area contributed by atoms with E-state index in [-0.39, 0.29) is 87.1 Å². The minimum absolute atomic E-state index is 0.0312. The summed E-state index contributed by atoms with van der Waals surface area (Å²) >= 11 is 1.17. The van der Waals surface area contributed by atoms with Gasteiger partial charge in [-0.3, -0.25) is 19.2 Å². The number of hydrogen-bond acceptors (Lipinski definition) is 11. The molecule has 0 spiro atoms. The quantitative estimate of drug-likeness (QED) is 0.201. The summed E-state index contributed by atoms with van der Waals surface area (Å²) in [6.45, 7) is 9.31. The number of carbonyl (C=O) groups excluding carboxylic acids is 4. The lowest BCUT2D eigenvalue weighted by Gasteiger charge is -2.33. The Morgan fingerprint density at radius 1 is 0.957 bits per heavy atom. The third-order valence-corrected chi connectivity index (χ3v) is 8.77. The molecule has 0 atom stereocenters. The van der Waals surface area contributed by atoms with E-state index in [9.17, 15) is 24.0 Å². The van der Waals surface area contributed by atoms with E-state index < -0.39 is 17.5 Å². The molecule has 0 unspecified atom stereocenters. The normalized spacial score (nSPS) is 13.6. The van der Waals surface area contributed by atoms with Crippen LogP contribution in [0.3, 0.4) is 0 Å². The molecule has 252 valence electrons. The number of fused-ring (bicyclic) bond motifs is 1. The number of rotatable bonds is 16. The highest BCUT2D eigenvalue weighted by molar-refractivity contribution is 7.19. The predicted molar refractivity (Wildman–Crippen MR) is 173 cm³/mol. The van der Waals surface area contributed by atoms with Crippen molar-refractivity contribution in [2.45, 2.75) is 47.5 Å². The van der Waals surface area contributed by atoms with E-state index in [1.165, 1.54) is 21.1 Å². The molecule has 1 aromatic carbocycles. The fourth-order valence-electron chi connectivity index (χ4n) is 5.04. The minimum Gasteiger partial charge on any atom is -0.481 e. The van der Waals surface area contributed by atoms with Crippen LogP contribution in [-0.2, 0) is 28.7 Å². The lowest BCUT2D eigenvalue weighted by Crippen LogP contribution is -2.43. The van der Waals surface area contributed by atoms with Crippen LogP contribution in [0.5, 0.6) is 5.75 Å². The number of hydrogen-bond donors (Lipinski definition) is 1. The maximum atomic E-state index is 13.4.